The van der Waals surface area contributed by atoms with Gasteiger partial charge < -0.3 is 5.32 Å². The molecule has 26 heavy (non-hydrogen) atoms. The van der Waals surface area contributed by atoms with Crippen LogP contribution in [0, 0.1) is 13.8 Å². The third kappa shape index (κ3) is 3.65. The number of amides is 1. The molecule has 0 aliphatic heterocycles. The monoisotopic (exact) mass is 429 g/mol. The van der Waals surface area contributed by atoms with Crippen molar-refractivity contribution in [3.8, 4) is 0 Å². The van der Waals surface area contributed by atoms with E-state index in [9.17, 15) is 18.0 Å². The van der Waals surface area contributed by atoms with Crippen LogP contribution in [-0.2, 0) is 11.0 Å². The van der Waals surface area contributed by atoms with Gasteiger partial charge in [-0.05, 0) is 66.7 Å². The number of hydrogen-bond donors (Lipinski definition) is 1. The number of anilines is 1. The second-order valence-electron chi connectivity index (χ2n) is 6.75. The number of benzene rings is 1. The summed E-state index contributed by atoms with van der Waals surface area (Å²) in [4.78, 5) is 12.7. The molecule has 1 aliphatic carbocycles. The summed E-state index contributed by atoms with van der Waals surface area (Å²) >= 11 is 3.05. The van der Waals surface area contributed by atoms with Crippen molar-refractivity contribution < 1.29 is 18.0 Å². The molecule has 2 aromatic rings. The molecular formula is C18H19BrF3N3O. The largest absolute Gasteiger partial charge is 0.436 e. The first-order chi connectivity index (χ1) is 12.1. The number of hydrogen-bond acceptors (Lipinski definition) is 2. The van der Waals surface area contributed by atoms with Gasteiger partial charge in [-0.15, -0.1) is 0 Å². The normalized spacial score (nSPS) is 15.8. The van der Waals surface area contributed by atoms with Crippen LogP contribution >= 0.6 is 15.9 Å². The second-order valence-corrected chi connectivity index (χ2v) is 7.54. The minimum Gasteiger partial charge on any atom is -0.324 e. The highest BCUT2D eigenvalue weighted by atomic mass is 79.9. The average Bonchev–Trinajstić information content (AvgIpc) is 3.31. The van der Waals surface area contributed by atoms with Crippen LogP contribution in [0.25, 0.3) is 0 Å². The Morgan fingerprint density at radius 3 is 2.58 bits per heavy atom. The summed E-state index contributed by atoms with van der Waals surface area (Å²) in [5.74, 6) is -0.395. The molecule has 1 fully saturated rings. The van der Waals surface area contributed by atoms with Gasteiger partial charge in [0.25, 0.3) is 0 Å². The lowest BCUT2D eigenvalue weighted by molar-refractivity contribution is -0.142. The molecule has 1 heterocycles. The minimum atomic E-state index is -4.57. The number of nitrogens with zero attached hydrogens (tertiary/aromatic N) is 2. The van der Waals surface area contributed by atoms with E-state index in [-0.39, 0.29) is 10.4 Å². The van der Waals surface area contributed by atoms with E-state index in [0.29, 0.717) is 11.4 Å². The predicted molar refractivity (Wildman–Crippen MR) is 96.2 cm³/mol. The van der Waals surface area contributed by atoms with E-state index in [1.807, 2.05) is 32.0 Å². The fourth-order valence-corrected chi connectivity index (χ4v) is 3.66. The summed E-state index contributed by atoms with van der Waals surface area (Å²) in [6, 6.07) is 4.79. The number of halogens is 4. The Morgan fingerprint density at radius 1 is 1.35 bits per heavy atom. The maximum absolute atomic E-state index is 13.2. The fraction of sp³-hybridized carbons (Fsp3) is 0.444. The highest BCUT2D eigenvalue weighted by molar-refractivity contribution is 9.10. The Balaban J connectivity index is 1.93. The Labute approximate surface area is 157 Å². The zero-order valence-corrected chi connectivity index (χ0v) is 16.2. The van der Waals surface area contributed by atoms with Crippen molar-refractivity contribution in [2.24, 2.45) is 0 Å². The molecule has 0 bridgehead atoms. The third-order valence-corrected chi connectivity index (χ3v) is 5.30. The summed E-state index contributed by atoms with van der Waals surface area (Å²) in [5.41, 5.74) is 1.98. The lowest BCUT2D eigenvalue weighted by Gasteiger charge is -2.17. The van der Waals surface area contributed by atoms with Crippen LogP contribution < -0.4 is 5.32 Å². The van der Waals surface area contributed by atoms with E-state index < -0.39 is 23.8 Å². The van der Waals surface area contributed by atoms with Crippen LogP contribution in [0.2, 0.25) is 0 Å². The molecule has 0 radical (unpaired) electrons. The molecule has 1 atom stereocenters. The van der Waals surface area contributed by atoms with Crippen LogP contribution in [0.15, 0.2) is 22.7 Å². The number of carbonyl (C=O) groups excluding carboxylic acids is 1. The summed E-state index contributed by atoms with van der Waals surface area (Å²) in [5, 5.41) is 6.54. The summed E-state index contributed by atoms with van der Waals surface area (Å²) in [7, 11) is 0. The lowest BCUT2D eigenvalue weighted by Crippen LogP contribution is -2.26. The van der Waals surface area contributed by atoms with Gasteiger partial charge in [0.15, 0.2) is 5.69 Å². The van der Waals surface area contributed by atoms with Gasteiger partial charge in [-0.25, -0.2) is 0 Å². The third-order valence-electron chi connectivity index (χ3n) is 4.52. The van der Waals surface area contributed by atoms with E-state index >= 15 is 0 Å². The zero-order valence-electron chi connectivity index (χ0n) is 14.6. The van der Waals surface area contributed by atoms with Crippen LogP contribution in [0.3, 0.4) is 0 Å². The van der Waals surface area contributed by atoms with Crippen molar-refractivity contribution in [2.45, 2.75) is 51.7 Å². The first-order valence-corrected chi connectivity index (χ1v) is 9.12. The highest BCUT2D eigenvalue weighted by Gasteiger charge is 2.43. The minimum absolute atomic E-state index is 0.00364. The number of alkyl halides is 3. The van der Waals surface area contributed by atoms with Gasteiger partial charge in [-0.1, -0.05) is 12.1 Å². The quantitative estimate of drug-likeness (QED) is 0.710. The van der Waals surface area contributed by atoms with Crippen LogP contribution in [0.5, 0.6) is 0 Å². The molecule has 140 valence electrons. The van der Waals surface area contributed by atoms with Crippen LogP contribution in [-0.4, -0.2) is 15.7 Å². The van der Waals surface area contributed by atoms with E-state index in [1.165, 1.54) is 4.68 Å². The lowest BCUT2D eigenvalue weighted by atomic mass is 10.1. The number of rotatable bonds is 4. The van der Waals surface area contributed by atoms with Crippen molar-refractivity contribution in [3.05, 3.63) is 45.2 Å². The number of aromatic nitrogens is 2. The van der Waals surface area contributed by atoms with Crippen molar-refractivity contribution in [2.75, 3.05) is 5.32 Å². The fourth-order valence-electron chi connectivity index (χ4n) is 2.85. The molecule has 1 aromatic heterocycles. The Bertz CT molecular complexity index is 856. The molecule has 1 saturated carbocycles. The highest BCUT2D eigenvalue weighted by Crippen LogP contribution is 2.47. The van der Waals surface area contributed by atoms with Gasteiger partial charge in [0, 0.05) is 11.6 Å². The molecule has 3 rings (SSSR count). The molecule has 4 nitrogen and oxygen atoms in total. The molecule has 1 amide bonds. The Morgan fingerprint density at radius 2 is 2.00 bits per heavy atom. The van der Waals surface area contributed by atoms with Gasteiger partial charge in [-0.2, -0.15) is 18.3 Å². The second kappa shape index (κ2) is 6.72. The van der Waals surface area contributed by atoms with Gasteiger partial charge in [0.2, 0.25) is 5.91 Å². The first-order valence-electron chi connectivity index (χ1n) is 8.32. The molecule has 0 saturated heterocycles. The van der Waals surface area contributed by atoms with Gasteiger partial charge in [-0.3, -0.25) is 9.48 Å². The summed E-state index contributed by atoms with van der Waals surface area (Å²) in [6.45, 7) is 5.33. The molecule has 1 unspecified atom stereocenters. The van der Waals surface area contributed by atoms with E-state index in [4.69, 9.17) is 0 Å². The summed E-state index contributed by atoms with van der Waals surface area (Å²) < 4.78 is 40.8. The Hall–Kier alpha value is -1.83. The van der Waals surface area contributed by atoms with Crippen molar-refractivity contribution in [1.82, 2.24) is 9.78 Å². The molecule has 1 N–H and O–H groups in total. The van der Waals surface area contributed by atoms with E-state index in [0.717, 1.165) is 24.0 Å². The standard InChI is InChI=1S/C18H19BrF3N3O/c1-9-4-5-10(2)13(8-9)23-17(26)11(3)25-15(12-6-7-12)14(19)16(24-25)18(20,21)22/h4-5,8,11-12H,6-7H2,1-3H3,(H,23,26). The number of nitrogens with one attached hydrogen (secondary N) is 1. The van der Waals surface area contributed by atoms with Gasteiger partial charge >= 0.3 is 6.18 Å². The Kier molecular flexibility index (Phi) is 4.90. The van der Waals surface area contributed by atoms with Crippen LogP contribution in [0.1, 0.15) is 54.2 Å². The molecule has 1 aromatic carbocycles. The van der Waals surface area contributed by atoms with Crippen molar-refractivity contribution >= 4 is 27.5 Å². The van der Waals surface area contributed by atoms with Gasteiger partial charge in [0.1, 0.15) is 6.04 Å². The smallest absolute Gasteiger partial charge is 0.324 e. The predicted octanol–water partition coefficient (Wildman–Crippen LogP) is 5.36. The average molecular weight is 430 g/mol. The SMILES string of the molecule is Cc1ccc(C)c(NC(=O)C(C)n2nc(C(F)(F)F)c(Br)c2C2CC2)c1. The number of aryl methyl sites for hydroxylation is 2. The zero-order chi connectivity index (χ0) is 19.2. The maximum atomic E-state index is 13.2. The van der Waals surface area contributed by atoms with E-state index in [2.05, 4.69) is 26.3 Å². The van der Waals surface area contributed by atoms with Crippen molar-refractivity contribution in [1.29, 1.82) is 0 Å². The topological polar surface area (TPSA) is 46.9 Å². The summed E-state index contributed by atoms with van der Waals surface area (Å²) in [6.07, 6.45) is -2.98. The first kappa shape index (κ1) is 18.9. The molecule has 0 spiro atoms. The molecule has 1 aliphatic rings. The van der Waals surface area contributed by atoms with Crippen molar-refractivity contribution in [3.63, 3.8) is 0 Å². The van der Waals surface area contributed by atoms with E-state index in [1.54, 1.807) is 6.92 Å². The molecular weight excluding hydrogens is 411 g/mol. The molecule has 8 heteroatoms. The van der Waals surface area contributed by atoms with Crippen LogP contribution in [0.4, 0.5) is 18.9 Å². The van der Waals surface area contributed by atoms with Gasteiger partial charge in [0.05, 0.1) is 10.2 Å². The number of carbonyl (C=O) groups is 1. The maximum Gasteiger partial charge on any atom is 0.436 e.